The molecule has 0 aliphatic carbocycles. The van der Waals surface area contributed by atoms with Crippen LogP contribution < -0.4 is 10.5 Å². The lowest BCUT2D eigenvalue weighted by atomic mass is 9.99. The largest absolute Gasteiger partial charge is 0.481 e. The summed E-state index contributed by atoms with van der Waals surface area (Å²) in [5.74, 6) is -4.36. The number of primary amides is 1. The number of nitrogens with zero attached hydrogens (tertiary/aromatic N) is 1. The lowest BCUT2D eigenvalue weighted by Gasteiger charge is -2.15. The third-order valence-electron chi connectivity index (χ3n) is 6.35. The van der Waals surface area contributed by atoms with Crippen LogP contribution >= 0.6 is 0 Å². The maximum atomic E-state index is 13.0. The van der Waals surface area contributed by atoms with E-state index in [9.17, 15) is 29.4 Å². The summed E-state index contributed by atoms with van der Waals surface area (Å²) in [5.41, 5.74) is 9.70. The van der Waals surface area contributed by atoms with Crippen LogP contribution in [-0.2, 0) is 27.3 Å². The Hall–Kier alpha value is -4.92. The Kier molecular flexibility index (Phi) is 7.57. The van der Waals surface area contributed by atoms with Gasteiger partial charge in [0.25, 0.3) is 11.7 Å². The minimum atomic E-state index is -1.25. The molecule has 0 aliphatic rings. The first-order valence-electron chi connectivity index (χ1n) is 11.9. The van der Waals surface area contributed by atoms with Gasteiger partial charge in [0.15, 0.2) is 6.61 Å². The first kappa shape index (κ1) is 26.2. The second-order valence-electron chi connectivity index (χ2n) is 8.79. The van der Waals surface area contributed by atoms with Gasteiger partial charge in [-0.15, -0.1) is 0 Å². The van der Waals surface area contributed by atoms with Crippen molar-refractivity contribution in [3.8, 4) is 16.9 Å². The van der Waals surface area contributed by atoms with Crippen molar-refractivity contribution in [3.63, 3.8) is 0 Å². The molecule has 4 N–H and O–H groups in total. The van der Waals surface area contributed by atoms with Gasteiger partial charge in [-0.1, -0.05) is 60.7 Å². The third kappa shape index (κ3) is 5.27. The van der Waals surface area contributed by atoms with Gasteiger partial charge in [0, 0.05) is 18.7 Å². The number of carboxylic acids is 2. The number of nitrogens with two attached hydrogens (primary N) is 1. The van der Waals surface area contributed by atoms with E-state index in [4.69, 9.17) is 10.5 Å². The van der Waals surface area contributed by atoms with Gasteiger partial charge in [-0.2, -0.15) is 0 Å². The Bertz CT molecular complexity index is 1550. The Morgan fingerprint density at radius 2 is 1.55 bits per heavy atom. The highest BCUT2D eigenvalue weighted by atomic mass is 16.5. The SMILES string of the molecule is Cc1c(C(=O)C(N)=O)c2c(OCC(=O)O)c(CCC(=O)O)ccc2n1Cc1ccccc1-c1ccccc1. The Balaban J connectivity index is 1.96. The smallest absolute Gasteiger partial charge is 0.341 e. The lowest BCUT2D eigenvalue weighted by Crippen LogP contribution is -2.24. The van der Waals surface area contributed by atoms with Crippen molar-refractivity contribution in [1.82, 2.24) is 4.57 Å². The molecule has 194 valence electrons. The fraction of sp³-hybridized carbons (Fsp3) is 0.172. The molecular formula is C29H26N2O7. The second kappa shape index (κ2) is 11.0. The van der Waals surface area contributed by atoms with E-state index in [2.05, 4.69) is 0 Å². The summed E-state index contributed by atoms with van der Waals surface area (Å²) in [7, 11) is 0. The maximum Gasteiger partial charge on any atom is 0.341 e. The molecule has 1 aromatic heterocycles. The third-order valence-corrected chi connectivity index (χ3v) is 6.35. The van der Waals surface area contributed by atoms with Crippen LogP contribution in [0.2, 0.25) is 0 Å². The van der Waals surface area contributed by atoms with Crippen LogP contribution in [0.3, 0.4) is 0 Å². The molecule has 0 radical (unpaired) electrons. The maximum absolute atomic E-state index is 13.0. The first-order chi connectivity index (χ1) is 18.2. The molecule has 1 heterocycles. The Labute approximate surface area is 218 Å². The van der Waals surface area contributed by atoms with Gasteiger partial charge in [0.2, 0.25) is 0 Å². The average molecular weight is 515 g/mol. The number of aromatic nitrogens is 1. The van der Waals surface area contributed by atoms with E-state index in [0.29, 0.717) is 23.3 Å². The van der Waals surface area contributed by atoms with E-state index in [1.165, 1.54) is 0 Å². The molecule has 9 heteroatoms. The van der Waals surface area contributed by atoms with Gasteiger partial charge < -0.3 is 25.3 Å². The number of hydrogen-bond donors (Lipinski definition) is 3. The Morgan fingerprint density at radius 1 is 0.868 bits per heavy atom. The molecule has 9 nitrogen and oxygen atoms in total. The van der Waals surface area contributed by atoms with E-state index in [0.717, 1.165) is 16.7 Å². The average Bonchev–Trinajstić information content (AvgIpc) is 3.17. The van der Waals surface area contributed by atoms with Gasteiger partial charge >= 0.3 is 11.9 Å². The molecule has 0 unspecified atom stereocenters. The molecule has 0 bridgehead atoms. The second-order valence-corrected chi connectivity index (χ2v) is 8.79. The van der Waals surface area contributed by atoms with Crippen LogP contribution in [0.5, 0.6) is 5.75 Å². The summed E-state index contributed by atoms with van der Waals surface area (Å²) in [6, 6.07) is 21.0. The summed E-state index contributed by atoms with van der Waals surface area (Å²) >= 11 is 0. The molecule has 4 aromatic rings. The van der Waals surface area contributed by atoms with Gasteiger partial charge in [-0.3, -0.25) is 14.4 Å². The highest BCUT2D eigenvalue weighted by molar-refractivity contribution is 6.45. The predicted octanol–water partition coefficient (Wildman–Crippen LogP) is 3.81. The normalized spacial score (nSPS) is 10.9. The van der Waals surface area contributed by atoms with Crippen molar-refractivity contribution >= 4 is 34.5 Å². The number of Topliss-reactive ketones (excluding diaryl/α,β-unsaturated/α-hetero) is 1. The van der Waals surface area contributed by atoms with E-state index in [1.54, 1.807) is 19.1 Å². The molecule has 0 aliphatic heterocycles. The van der Waals surface area contributed by atoms with Crippen LogP contribution in [0.4, 0.5) is 0 Å². The highest BCUT2D eigenvalue weighted by Crippen LogP contribution is 2.38. The van der Waals surface area contributed by atoms with Crippen molar-refractivity contribution in [2.45, 2.75) is 26.3 Å². The fourth-order valence-corrected chi connectivity index (χ4v) is 4.65. The van der Waals surface area contributed by atoms with Crippen LogP contribution in [-0.4, -0.2) is 45.0 Å². The number of benzene rings is 3. The van der Waals surface area contributed by atoms with Crippen LogP contribution in [0.15, 0.2) is 66.7 Å². The predicted molar refractivity (Wildman–Crippen MR) is 140 cm³/mol. The number of carboxylic acid groups (broad SMARTS) is 2. The molecule has 3 aromatic carbocycles. The number of hydrogen-bond acceptors (Lipinski definition) is 5. The number of amides is 1. The summed E-state index contributed by atoms with van der Waals surface area (Å²) in [5, 5.41) is 18.7. The zero-order valence-corrected chi connectivity index (χ0v) is 20.6. The van der Waals surface area contributed by atoms with Crippen molar-refractivity contribution in [3.05, 3.63) is 89.1 Å². The van der Waals surface area contributed by atoms with Crippen LogP contribution in [0.1, 0.15) is 33.6 Å². The zero-order chi connectivity index (χ0) is 27.4. The minimum absolute atomic E-state index is 0.00209. The van der Waals surface area contributed by atoms with E-state index in [-0.39, 0.29) is 29.5 Å². The van der Waals surface area contributed by atoms with Gasteiger partial charge in [0.05, 0.1) is 16.5 Å². The number of ether oxygens (including phenoxy) is 1. The molecule has 0 fully saturated rings. The summed E-state index contributed by atoms with van der Waals surface area (Å²) in [6.07, 6.45) is -0.205. The van der Waals surface area contributed by atoms with E-state index < -0.39 is 30.2 Å². The molecule has 4 rings (SSSR count). The van der Waals surface area contributed by atoms with Crippen molar-refractivity contribution in [2.24, 2.45) is 5.73 Å². The molecule has 1 amide bonds. The van der Waals surface area contributed by atoms with Crippen molar-refractivity contribution < 1.29 is 34.1 Å². The molecule has 38 heavy (non-hydrogen) atoms. The molecule has 0 saturated heterocycles. The van der Waals surface area contributed by atoms with Crippen molar-refractivity contribution in [2.75, 3.05) is 6.61 Å². The number of aliphatic carboxylic acids is 2. The van der Waals surface area contributed by atoms with E-state index >= 15 is 0 Å². The number of carbonyl (C=O) groups excluding carboxylic acids is 2. The van der Waals surface area contributed by atoms with E-state index in [1.807, 2.05) is 59.2 Å². The highest BCUT2D eigenvalue weighted by Gasteiger charge is 2.28. The molecule has 0 atom stereocenters. The monoisotopic (exact) mass is 514 g/mol. The number of aryl methyl sites for hydroxylation is 1. The summed E-state index contributed by atoms with van der Waals surface area (Å²) in [6.45, 7) is 1.29. The van der Waals surface area contributed by atoms with Gasteiger partial charge in [-0.05, 0) is 41.7 Å². The van der Waals surface area contributed by atoms with Crippen LogP contribution in [0, 0.1) is 6.92 Å². The number of rotatable bonds is 11. The summed E-state index contributed by atoms with van der Waals surface area (Å²) in [4.78, 5) is 47.6. The fourth-order valence-electron chi connectivity index (χ4n) is 4.65. The molecular weight excluding hydrogens is 488 g/mol. The molecule has 0 spiro atoms. The van der Waals surface area contributed by atoms with Crippen LogP contribution in [0.25, 0.3) is 22.0 Å². The van der Waals surface area contributed by atoms with Crippen molar-refractivity contribution in [1.29, 1.82) is 0 Å². The number of carbonyl (C=O) groups is 4. The van der Waals surface area contributed by atoms with Gasteiger partial charge in [-0.25, -0.2) is 4.79 Å². The molecule has 0 saturated carbocycles. The lowest BCUT2D eigenvalue weighted by molar-refractivity contribution is -0.139. The number of ketones is 1. The van der Waals surface area contributed by atoms with Gasteiger partial charge in [0.1, 0.15) is 5.75 Å². The zero-order valence-electron chi connectivity index (χ0n) is 20.6. The quantitative estimate of drug-likeness (QED) is 0.203. The topological polar surface area (TPSA) is 149 Å². The minimum Gasteiger partial charge on any atom is -0.481 e. The summed E-state index contributed by atoms with van der Waals surface area (Å²) < 4.78 is 7.47. The Morgan fingerprint density at radius 3 is 2.21 bits per heavy atom. The standard InChI is InChI=1S/C29H26N2O7/c1-17-25(27(36)29(30)37)26-22(13-11-19(12-14-23(32)33)28(26)38-16-24(34)35)31(17)15-20-9-5-6-10-21(20)18-7-3-2-4-8-18/h2-11,13H,12,14-16H2,1H3,(H2,30,37)(H,32,33)(H,34,35). The number of fused-ring (bicyclic) bond motifs is 1. The first-order valence-corrected chi connectivity index (χ1v) is 11.9.